The molecule has 0 fully saturated rings. The maximum absolute atomic E-state index is 13.1. The Labute approximate surface area is 594 Å². The zero-order valence-electron chi connectivity index (χ0n) is 63.4. The van der Waals surface area contributed by atoms with Crippen molar-refractivity contribution in [2.24, 2.45) is 11.8 Å². The number of aliphatic hydroxyl groups excluding tert-OH is 1. The molecule has 97 heavy (non-hydrogen) atoms. The molecule has 0 saturated heterocycles. The van der Waals surface area contributed by atoms with Crippen LogP contribution in [-0.4, -0.2) is 96.7 Å². The number of esters is 4. The van der Waals surface area contributed by atoms with Crippen LogP contribution in [0.2, 0.25) is 0 Å². The van der Waals surface area contributed by atoms with Gasteiger partial charge in [0.1, 0.15) is 19.3 Å². The predicted octanol–water partition coefficient (Wildman–Crippen LogP) is 23.1. The first-order chi connectivity index (χ1) is 46.9. The highest BCUT2D eigenvalue weighted by Gasteiger charge is 2.30. The van der Waals surface area contributed by atoms with Crippen molar-refractivity contribution in [3.05, 3.63) is 0 Å². The number of hydrogen-bond donors (Lipinski definition) is 3. The standard InChI is InChI=1S/C78H152O17P2/c1-7-9-11-13-15-17-19-21-23-25-30-36-42-48-54-60-75(80)88-66-73(94-78(83)63-57-51-45-38-32-28-27-29-34-40-46-52-58-70(3)4)68-92-96(84,85)90-64-72(79)65-91-97(86,87)93-69-74(67-89-76(81)61-55-49-43-39-33-35-41-47-53-59-71(5)6)95-77(82)62-56-50-44-37-31-26-24-22-20-18-16-14-12-10-8-2/h70-74,79H,7-69H2,1-6H3,(H,84,85)(H,86,87)/t72-,73-,74-/m1/s1. The second-order valence-corrected chi connectivity index (χ2v) is 32.0. The molecule has 5 atom stereocenters. The van der Waals surface area contributed by atoms with Crippen LogP contribution in [0.5, 0.6) is 0 Å². The van der Waals surface area contributed by atoms with Crippen molar-refractivity contribution in [3.8, 4) is 0 Å². The minimum Gasteiger partial charge on any atom is -0.462 e. The van der Waals surface area contributed by atoms with Crippen molar-refractivity contribution >= 4 is 39.5 Å². The number of unbranched alkanes of at least 4 members (excludes halogenated alkanes) is 47. The van der Waals surface area contributed by atoms with Crippen LogP contribution in [0.3, 0.4) is 0 Å². The van der Waals surface area contributed by atoms with E-state index in [4.69, 9.17) is 37.0 Å². The van der Waals surface area contributed by atoms with Crippen molar-refractivity contribution in [1.29, 1.82) is 0 Å². The van der Waals surface area contributed by atoms with E-state index < -0.39 is 97.5 Å². The molecule has 576 valence electrons. The number of phosphoric acid groups is 2. The quantitative estimate of drug-likeness (QED) is 0.0222. The molecule has 0 aromatic carbocycles. The lowest BCUT2D eigenvalue weighted by Crippen LogP contribution is -2.30. The van der Waals surface area contributed by atoms with Gasteiger partial charge in [0.2, 0.25) is 0 Å². The zero-order valence-corrected chi connectivity index (χ0v) is 65.2. The molecule has 19 heteroatoms. The van der Waals surface area contributed by atoms with Gasteiger partial charge in [-0.1, -0.05) is 356 Å². The molecule has 0 spiro atoms. The van der Waals surface area contributed by atoms with Crippen molar-refractivity contribution < 1.29 is 80.2 Å². The summed E-state index contributed by atoms with van der Waals surface area (Å²) in [5.74, 6) is -0.589. The molecule has 0 heterocycles. The maximum Gasteiger partial charge on any atom is 0.472 e. The number of carbonyl (C=O) groups is 4. The van der Waals surface area contributed by atoms with E-state index in [9.17, 15) is 43.2 Å². The molecule has 0 amide bonds. The first-order valence-electron chi connectivity index (χ1n) is 40.5. The number of hydrogen-bond acceptors (Lipinski definition) is 15. The van der Waals surface area contributed by atoms with Crippen LogP contribution >= 0.6 is 15.6 Å². The molecular weight excluding hydrogens is 1270 g/mol. The van der Waals surface area contributed by atoms with Gasteiger partial charge in [0.25, 0.3) is 0 Å². The number of rotatable bonds is 77. The van der Waals surface area contributed by atoms with Crippen LogP contribution in [0.25, 0.3) is 0 Å². The summed E-state index contributed by atoms with van der Waals surface area (Å²) in [6, 6.07) is 0. The van der Waals surface area contributed by atoms with Gasteiger partial charge in [-0.3, -0.25) is 37.3 Å². The lowest BCUT2D eigenvalue weighted by Gasteiger charge is -2.21. The summed E-state index contributed by atoms with van der Waals surface area (Å²) in [4.78, 5) is 72.9. The van der Waals surface area contributed by atoms with E-state index >= 15 is 0 Å². The molecule has 17 nitrogen and oxygen atoms in total. The fourth-order valence-electron chi connectivity index (χ4n) is 12.0. The van der Waals surface area contributed by atoms with E-state index in [1.54, 1.807) is 0 Å². The fraction of sp³-hybridized carbons (Fsp3) is 0.949. The largest absolute Gasteiger partial charge is 0.472 e. The Morgan fingerprint density at radius 3 is 0.701 bits per heavy atom. The molecule has 0 aromatic rings. The van der Waals surface area contributed by atoms with E-state index in [1.165, 1.54) is 225 Å². The average molecular weight is 1420 g/mol. The molecule has 0 aromatic heterocycles. The van der Waals surface area contributed by atoms with E-state index in [1.807, 2.05) is 0 Å². The van der Waals surface area contributed by atoms with E-state index in [0.717, 1.165) is 102 Å². The second-order valence-electron chi connectivity index (χ2n) is 29.1. The van der Waals surface area contributed by atoms with Crippen molar-refractivity contribution in [3.63, 3.8) is 0 Å². The highest BCUT2D eigenvalue weighted by molar-refractivity contribution is 7.47. The minimum atomic E-state index is -4.96. The summed E-state index contributed by atoms with van der Waals surface area (Å²) in [5, 5.41) is 10.6. The van der Waals surface area contributed by atoms with Gasteiger partial charge in [-0.2, -0.15) is 0 Å². The number of aliphatic hydroxyl groups is 1. The predicted molar refractivity (Wildman–Crippen MR) is 395 cm³/mol. The average Bonchev–Trinajstić information content (AvgIpc) is 1.06. The summed E-state index contributed by atoms with van der Waals surface area (Å²) >= 11 is 0. The maximum atomic E-state index is 13.1. The fourth-order valence-corrected chi connectivity index (χ4v) is 13.6. The third-order valence-electron chi connectivity index (χ3n) is 18.2. The van der Waals surface area contributed by atoms with Crippen LogP contribution in [0.15, 0.2) is 0 Å². The number of carbonyl (C=O) groups excluding carboxylic acids is 4. The molecule has 2 unspecified atom stereocenters. The lowest BCUT2D eigenvalue weighted by molar-refractivity contribution is -0.161. The molecule has 0 aliphatic carbocycles. The summed E-state index contributed by atoms with van der Waals surface area (Å²) in [5.41, 5.74) is 0. The van der Waals surface area contributed by atoms with E-state index in [0.29, 0.717) is 25.7 Å². The van der Waals surface area contributed by atoms with Gasteiger partial charge in [-0.15, -0.1) is 0 Å². The topological polar surface area (TPSA) is 237 Å². The Morgan fingerprint density at radius 2 is 0.474 bits per heavy atom. The lowest BCUT2D eigenvalue weighted by atomic mass is 10.0. The van der Waals surface area contributed by atoms with Crippen LogP contribution in [0.4, 0.5) is 0 Å². The van der Waals surface area contributed by atoms with Gasteiger partial charge >= 0.3 is 39.5 Å². The molecule has 0 bridgehead atoms. The molecule has 0 rings (SSSR count). The number of phosphoric ester groups is 2. The molecule has 3 N–H and O–H groups in total. The Hall–Kier alpha value is -1.94. The summed E-state index contributed by atoms with van der Waals surface area (Å²) in [7, 11) is -9.92. The van der Waals surface area contributed by atoms with E-state index in [-0.39, 0.29) is 25.7 Å². The van der Waals surface area contributed by atoms with Gasteiger partial charge in [-0.25, -0.2) is 9.13 Å². The SMILES string of the molecule is CCCCCCCCCCCCCCCCCC(=O)OC[C@H](COP(=O)(O)OC[C@@H](O)COP(=O)(O)OC[C@@H](COC(=O)CCCCCCCCCCCC(C)C)OC(=O)CCCCCCCCCCCCCCCCC)OC(=O)CCCCCCCCCCCCCCC(C)C. The molecule has 0 radical (unpaired) electrons. The molecule has 0 saturated carbocycles. The number of ether oxygens (including phenoxy) is 4. The van der Waals surface area contributed by atoms with Gasteiger partial charge in [-0.05, 0) is 37.5 Å². The Kier molecular flexibility index (Phi) is 68.4. The van der Waals surface area contributed by atoms with Crippen LogP contribution in [0, 0.1) is 11.8 Å². The summed E-state index contributed by atoms with van der Waals surface area (Å²) in [6.45, 7) is 9.61. The summed E-state index contributed by atoms with van der Waals surface area (Å²) in [6.07, 6.45) is 58.1. The van der Waals surface area contributed by atoms with Crippen molar-refractivity contribution in [2.75, 3.05) is 39.6 Å². The third-order valence-corrected chi connectivity index (χ3v) is 20.1. The Balaban J connectivity index is 5.27. The van der Waals surface area contributed by atoms with Crippen LogP contribution in [-0.2, 0) is 65.4 Å². The molecular formula is C78H152O17P2. The molecule has 0 aliphatic rings. The zero-order chi connectivity index (χ0) is 71.4. The minimum absolute atomic E-state index is 0.107. The first kappa shape index (κ1) is 95.1. The highest BCUT2D eigenvalue weighted by Crippen LogP contribution is 2.45. The third kappa shape index (κ3) is 72.2. The Bertz CT molecular complexity index is 1870. The van der Waals surface area contributed by atoms with Crippen LogP contribution in [0.1, 0.15) is 408 Å². The monoisotopic (exact) mass is 1420 g/mol. The molecule has 0 aliphatic heterocycles. The van der Waals surface area contributed by atoms with Crippen LogP contribution < -0.4 is 0 Å². The second kappa shape index (κ2) is 69.8. The normalized spacial score (nSPS) is 14.0. The summed E-state index contributed by atoms with van der Waals surface area (Å²) < 4.78 is 68.7. The first-order valence-corrected chi connectivity index (χ1v) is 43.5. The van der Waals surface area contributed by atoms with Crippen molar-refractivity contribution in [2.45, 2.75) is 426 Å². The van der Waals surface area contributed by atoms with Gasteiger partial charge in [0.05, 0.1) is 26.4 Å². The highest BCUT2D eigenvalue weighted by atomic mass is 31.2. The van der Waals surface area contributed by atoms with Gasteiger partial charge in [0, 0.05) is 25.7 Å². The van der Waals surface area contributed by atoms with Crippen molar-refractivity contribution in [1.82, 2.24) is 0 Å². The van der Waals surface area contributed by atoms with Gasteiger partial charge in [0.15, 0.2) is 12.2 Å². The van der Waals surface area contributed by atoms with Gasteiger partial charge < -0.3 is 33.8 Å². The van der Waals surface area contributed by atoms with E-state index in [2.05, 4.69) is 41.5 Å². The smallest absolute Gasteiger partial charge is 0.462 e. The Morgan fingerprint density at radius 1 is 0.278 bits per heavy atom.